The molecule has 0 spiro atoms. The Hall–Kier alpha value is -0.770. The van der Waals surface area contributed by atoms with Crippen LogP contribution in [0.15, 0.2) is 4.99 Å². The third-order valence-electron chi connectivity index (χ3n) is 2.63. The van der Waals surface area contributed by atoms with E-state index in [1.54, 1.807) is 0 Å². The zero-order valence-electron chi connectivity index (χ0n) is 7.27. The summed E-state index contributed by atoms with van der Waals surface area (Å²) in [5.74, 6) is 0.923. The van der Waals surface area contributed by atoms with E-state index in [0.717, 1.165) is 38.4 Å². The summed E-state index contributed by atoms with van der Waals surface area (Å²) in [4.78, 5) is 4.24. The highest BCUT2D eigenvalue weighted by molar-refractivity contribution is 5.81. The van der Waals surface area contributed by atoms with Crippen LogP contribution in [-0.2, 0) is 0 Å². The predicted molar refractivity (Wildman–Crippen MR) is 49.1 cm³/mol. The van der Waals surface area contributed by atoms with Gasteiger partial charge in [-0.1, -0.05) is 0 Å². The monoisotopic (exact) mass is 168 g/mol. The van der Waals surface area contributed by atoms with Gasteiger partial charge in [-0.3, -0.25) is 4.99 Å². The SMILES string of the molecule is NC1(CNC2=NCCN2)CCC1. The molecule has 0 unspecified atom stereocenters. The minimum absolute atomic E-state index is 0.0484. The van der Waals surface area contributed by atoms with Crippen LogP contribution in [-0.4, -0.2) is 31.1 Å². The number of aliphatic imine (C=N–C) groups is 1. The maximum absolute atomic E-state index is 6.04. The lowest BCUT2D eigenvalue weighted by molar-refractivity contribution is 0.249. The van der Waals surface area contributed by atoms with Crippen molar-refractivity contribution in [3.05, 3.63) is 0 Å². The predicted octanol–water partition coefficient (Wildman–Crippen LogP) is -0.583. The van der Waals surface area contributed by atoms with E-state index in [-0.39, 0.29) is 5.54 Å². The molecule has 4 heteroatoms. The summed E-state index contributed by atoms with van der Waals surface area (Å²) in [6, 6.07) is 0. The number of nitrogens with zero attached hydrogens (tertiary/aromatic N) is 1. The van der Waals surface area contributed by atoms with Crippen LogP contribution in [0.3, 0.4) is 0 Å². The molecule has 0 bridgehead atoms. The molecular weight excluding hydrogens is 152 g/mol. The molecule has 4 N–H and O–H groups in total. The molecule has 0 saturated heterocycles. The van der Waals surface area contributed by atoms with Crippen LogP contribution in [0.2, 0.25) is 0 Å². The first-order valence-corrected chi connectivity index (χ1v) is 4.60. The van der Waals surface area contributed by atoms with Crippen LogP contribution >= 0.6 is 0 Å². The Balaban J connectivity index is 1.74. The first kappa shape index (κ1) is 7.86. The van der Waals surface area contributed by atoms with Crippen molar-refractivity contribution in [3.63, 3.8) is 0 Å². The summed E-state index contributed by atoms with van der Waals surface area (Å²) in [5.41, 5.74) is 6.08. The van der Waals surface area contributed by atoms with Gasteiger partial charge in [-0.15, -0.1) is 0 Å². The second-order valence-electron chi connectivity index (χ2n) is 3.73. The first-order valence-electron chi connectivity index (χ1n) is 4.60. The van der Waals surface area contributed by atoms with E-state index in [9.17, 15) is 0 Å². The van der Waals surface area contributed by atoms with Crippen LogP contribution in [0.5, 0.6) is 0 Å². The average molecular weight is 168 g/mol. The molecule has 0 amide bonds. The summed E-state index contributed by atoms with van der Waals surface area (Å²) in [5, 5.41) is 6.40. The van der Waals surface area contributed by atoms with E-state index in [1.165, 1.54) is 6.42 Å². The van der Waals surface area contributed by atoms with Gasteiger partial charge >= 0.3 is 0 Å². The van der Waals surface area contributed by atoms with Gasteiger partial charge in [0.05, 0.1) is 6.54 Å². The average Bonchev–Trinajstić information content (AvgIpc) is 2.49. The van der Waals surface area contributed by atoms with Crippen LogP contribution in [0.1, 0.15) is 19.3 Å². The van der Waals surface area contributed by atoms with Gasteiger partial charge in [-0.2, -0.15) is 0 Å². The minimum Gasteiger partial charge on any atom is -0.355 e. The summed E-state index contributed by atoms with van der Waals surface area (Å²) >= 11 is 0. The topological polar surface area (TPSA) is 62.4 Å². The molecule has 12 heavy (non-hydrogen) atoms. The van der Waals surface area contributed by atoms with E-state index < -0.39 is 0 Å². The molecule has 2 aliphatic rings. The van der Waals surface area contributed by atoms with E-state index >= 15 is 0 Å². The van der Waals surface area contributed by atoms with Crippen LogP contribution in [0.4, 0.5) is 0 Å². The van der Waals surface area contributed by atoms with Gasteiger partial charge in [0.15, 0.2) is 5.96 Å². The van der Waals surface area contributed by atoms with Gasteiger partial charge in [-0.05, 0) is 19.3 Å². The Labute approximate surface area is 72.6 Å². The number of hydrogen-bond acceptors (Lipinski definition) is 4. The molecule has 1 fully saturated rings. The summed E-state index contributed by atoms with van der Waals surface area (Å²) in [6.07, 6.45) is 3.57. The normalized spacial score (nSPS) is 25.6. The Morgan fingerprint density at radius 1 is 1.58 bits per heavy atom. The number of nitrogens with two attached hydrogens (primary N) is 1. The van der Waals surface area contributed by atoms with Crippen molar-refractivity contribution in [1.29, 1.82) is 0 Å². The molecular formula is C8H16N4. The van der Waals surface area contributed by atoms with Gasteiger partial charge in [0.2, 0.25) is 0 Å². The number of hydrogen-bond donors (Lipinski definition) is 3. The Morgan fingerprint density at radius 2 is 2.42 bits per heavy atom. The molecule has 4 nitrogen and oxygen atoms in total. The summed E-state index contributed by atoms with van der Waals surface area (Å²) in [6.45, 7) is 2.71. The summed E-state index contributed by atoms with van der Waals surface area (Å²) in [7, 11) is 0. The van der Waals surface area contributed by atoms with Crippen LogP contribution < -0.4 is 16.4 Å². The number of guanidine groups is 1. The molecule has 2 rings (SSSR count). The maximum atomic E-state index is 6.04. The highest BCUT2D eigenvalue weighted by Crippen LogP contribution is 2.27. The van der Waals surface area contributed by atoms with Gasteiger partial charge in [0.25, 0.3) is 0 Å². The van der Waals surface area contributed by atoms with E-state index in [2.05, 4.69) is 15.6 Å². The standard InChI is InChI=1S/C8H16N4/c9-8(2-1-3-8)6-12-7-10-4-5-11-7/h1-6,9H2,(H2,10,11,12). The molecule has 0 aromatic rings. The fraction of sp³-hybridized carbons (Fsp3) is 0.875. The molecule has 0 radical (unpaired) electrons. The van der Waals surface area contributed by atoms with Crippen molar-refractivity contribution in [1.82, 2.24) is 10.6 Å². The second kappa shape index (κ2) is 2.94. The Kier molecular flexibility index (Phi) is 1.92. The molecule has 68 valence electrons. The molecule has 1 saturated carbocycles. The lowest BCUT2D eigenvalue weighted by atomic mass is 9.78. The largest absolute Gasteiger partial charge is 0.355 e. The van der Waals surface area contributed by atoms with Gasteiger partial charge in [-0.25, -0.2) is 0 Å². The van der Waals surface area contributed by atoms with Crippen molar-refractivity contribution in [2.45, 2.75) is 24.8 Å². The molecule has 0 aromatic carbocycles. The van der Waals surface area contributed by atoms with E-state index in [4.69, 9.17) is 5.73 Å². The van der Waals surface area contributed by atoms with Crippen molar-refractivity contribution in [2.75, 3.05) is 19.6 Å². The zero-order valence-corrected chi connectivity index (χ0v) is 7.27. The van der Waals surface area contributed by atoms with E-state index in [1.807, 2.05) is 0 Å². The van der Waals surface area contributed by atoms with E-state index in [0.29, 0.717) is 0 Å². The molecule has 1 heterocycles. The van der Waals surface area contributed by atoms with Crippen molar-refractivity contribution < 1.29 is 0 Å². The highest BCUT2D eigenvalue weighted by Gasteiger charge is 2.32. The van der Waals surface area contributed by atoms with Crippen molar-refractivity contribution >= 4 is 5.96 Å². The second-order valence-corrected chi connectivity index (χ2v) is 3.73. The first-order chi connectivity index (χ1) is 5.79. The van der Waals surface area contributed by atoms with Gasteiger partial charge in [0, 0.05) is 18.6 Å². The molecule has 1 aliphatic heterocycles. The lowest BCUT2D eigenvalue weighted by Crippen LogP contribution is -2.56. The van der Waals surface area contributed by atoms with Crippen molar-refractivity contribution in [2.24, 2.45) is 10.7 Å². The van der Waals surface area contributed by atoms with Crippen molar-refractivity contribution in [3.8, 4) is 0 Å². The third-order valence-corrected chi connectivity index (χ3v) is 2.63. The Morgan fingerprint density at radius 3 is 2.92 bits per heavy atom. The molecule has 0 atom stereocenters. The summed E-state index contributed by atoms with van der Waals surface area (Å²) < 4.78 is 0. The van der Waals surface area contributed by atoms with Gasteiger partial charge < -0.3 is 16.4 Å². The number of rotatable bonds is 2. The Bertz CT molecular complexity index is 195. The van der Waals surface area contributed by atoms with Gasteiger partial charge in [0.1, 0.15) is 0 Å². The van der Waals surface area contributed by atoms with Crippen LogP contribution in [0, 0.1) is 0 Å². The lowest BCUT2D eigenvalue weighted by Gasteiger charge is -2.38. The maximum Gasteiger partial charge on any atom is 0.191 e. The fourth-order valence-electron chi connectivity index (χ4n) is 1.58. The van der Waals surface area contributed by atoms with Crippen LogP contribution in [0.25, 0.3) is 0 Å². The molecule has 1 aliphatic carbocycles. The fourth-order valence-corrected chi connectivity index (χ4v) is 1.58. The number of nitrogens with one attached hydrogen (secondary N) is 2. The zero-order chi connectivity index (χ0) is 8.44. The molecule has 0 aromatic heterocycles. The minimum atomic E-state index is 0.0484. The third kappa shape index (κ3) is 1.53. The highest BCUT2D eigenvalue weighted by atomic mass is 15.2. The smallest absolute Gasteiger partial charge is 0.191 e. The quantitative estimate of drug-likeness (QED) is 0.517.